The Hall–Kier alpha value is -1.91. The molecule has 2 rings (SSSR count). The number of methoxy groups -OCH3 is 1. The van der Waals surface area contributed by atoms with Gasteiger partial charge in [0.1, 0.15) is 0 Å². The first-order valence-corrected chi connectivity index (χ1v) is 4.42. The lowest BCUT2D eigenvalue weighted by Crippen LogP contribution is -2.10. The minimum Gasteiger partial charge on any atom is -0.466 e. The van der Waals surface area contributed by atoms with Crippen LogP contribution in [0.4, 0.5) is 0 Å². The van der Waals surface area contributed by atoms with Crippen LogP contribution >= 0.6 is 0 Å². The Labute approximate surface area is 85.3 Å². The molecule has 0 saturated carbocycles. The standard InChI is InChI=1S/C10H8O5/c1-14-8(11)5-2-3-6-7(4-5)10(13)15-9(6)12/h4H,2-3H2,1H3. The van der Waals surface area contributed by atoms with Gasteiger partial charge in [0.05, 0.1) is 18.3 Å². The Morgan fingerprint density at radius 3 is 2.73 bits per heavy atom. The van der Waals surface area contributed by atoms with Gasteiger partial charge in [-0.3, -0.25) is 0 Å². The number of hydrogen-bond acceptors (Lipinski definition) is 5. The van der Waals surface area contributed by atoms with Crippen molar-refractivity contribution < 1.29 is 23.9 Å². The van der Waals surface area contributed by atoms with Crippen LogP contribution in [0.3, 0.4) is 0 Å². The Bertz CT molecular complexity index is 427. The molecule has 0 radical (unpaired) electrons. The van der Waals surface area contributed by atoms with E-state index in [1.807, 2.05) is 0 Å². The molecule has 0 unspecified atom stereocenters. The molecule has 0 spiro atoms. The van der Waals surface area contributed by atoms with Gasteiger partial charge in [-0.15, -0.1) is 0 Å². The van der Waals surface area contributed by atoms with E-state index in [1.165, 1.54) is 13.2 Å². The number of carbonyl (C=O) groups excluding carboxylic acids is 3. The molecule has 0 saturated heterocycles. The monoisotopic (exact) mass is 208 g/mol. The van der Waals surface area contributed by atoms with Crippen molar-refractivity contribution >= 4 is 17.9 Å². The van der Waals surface area contributed by atoms with Crippen LogP contribution in [-0.4, -0.2) is 25.0 Å². The Morgan fingerprint density at radius 1 is 1.33 bits per heavy atom. The van der Waals surface area contributed by atoms with Gasteiger partial charge >= 0.3 is 17.9 Å². The predicted octanol–water partition coefficient (Wildman–Crippen LogP) is 0.260. The van der Waals surface area contributed by atoms with Gasteiger partial charge in [0.2, 0.25) is 0 Å². The van der Waals surface area contributed by atoms with Gasteiger partial charge < -0.3 is 9.47 Å². The summed E-state index contributed by atoms with van der Waals surface area (Å²) in [5.74, 6) is -1.76. The molecule has 0 atom stereocenters. The van der Waals surface area contributed by atoms with Crippen LogP contribution in [0, 0.1) is 0 Å². The Morgan fingerprint density at radius 2 is 2.07 bits per heavy atom. The molecule has 1 aliphatic heterocycles. The molecule has 5 nitrogen and oxygen atoms in total. The lowest BCUT2D eigenvalue weighted by Gasteiger charge is -2.09. The molecule has 0 aromatic carbocycles. The molecular weight excluding hydrogens is 200 g/mol. The summed E-state index contributed by atoms with van der Waals surface area (Å²) >= 11 is 0. The van der Waals surface area contributed by atoms with Crippen molar-refractivity contribution in [3.05, 3.63) is 22.8 Å². The van der Waals surface area contributed by atoms with Crippen molar-refractivity contribution in [2.45, 2.75) is 12.8 Å². The zero-order valence-corrected chi connectivity index (χ0v) is 8.03. The number of hydrogen-bond donors (Lipinski definition) is 0. The molecule has 2 aliphatic rings. The third kappa shape index (κ3) is 1.45. The number of carbonyl (C=O) groups is 3. The molecule has 78 valence electrons. The molecule has 5 heteroatoms. The van der Waals surface area contributed by atoms with Gasteiger partial charge in [0.15, 0.2) is 0 Å². The van der Waals surface area contributed by atoms with Gasteiger partial charge in [0.25, 0.3) is 0 Å². The van der Waals surface area contributed by atoms with Crippen LogP contribution in [0.15, 0.2) is 22.8 Å². The summed E-state index contributed by atoms with van der Waals surface area (Å²) in [6, 6.07) is 0. The second-order valence-electron chi connectivity index (χ2n) is 3.23. The zero-order chi connectivity index (χ0) is 11.0. The first-order valence-electron chi connectivity index (χ1n) is 4.42. The minimum absolute atomic E-state index is 0.187. The molecule has 1 heterocycles. The number of ether oxygens (including phenoxy) is 2. The van der Waals surface area contributed by atoms with E-state index in [4.69, 9.17) is 0 Å². The van der Waals surface area contributed by atoms with E-state index >= 15 is 0 Å². The van der Waals surface area contributed by atoms with E-state index in [2.05, 4.69) is 9.47 Å². The first kappa shape index (κ1) is 9.64. The van der Waals surface area contributed by atoms with E-state index in [0.717, 1.165) is 0 Å². The maximum atomic E-state index is 11.2. The van der Waals surface area contributed by atoms with Crippen LogP contribution < -0.4 is 0 Å². The maximum absolute atomic E-state index is 11.2. The summed E-state index contributed by atoms with van der Waals surface area (Å²) < 4.78 is 8.95. The Balaban J connectivity index is 2.37. The molecule has 15 heavy (non-hydrogen) atoms. The van der Waals surface area contributed by atoms with E-state index in [-0.39, 0.29) is 5.57 Å². The highest BCUT2D eigenvalue weighted by Crippen LogP contribution is 2.30. The van der Waals surface area contributed by atoms with Crippen LogP contribution in [0.1, 0.15) is 12.8 Å². The Kier molecular flexibility index (Phi) is 2.15. The highest BCUT2D eigenvalue weighted by atomic mass is 16.6. The summed E-state index contributed by atoms with van der Waals surface area (Å²) in [5, 5.41) is 0. The van der Waals surface area contributed by atoms with Crippen LogP contribution in [0.2, 0.25) is 0 Å². The third-order valence-electron chi connectivity index (χ3n) is 2.39. The highest BCUT2D eigenvalue weighted by molar-refractivity contribution is 6.15. The molecule has 1 aliphatic carbocycles. The molecule has 0 amide bonds. The first-order chi connectivity index (χ1) is 7.13. The molecule has 0 bridgehead atoms. The van der Waals surface area contributed by atoms with Crippen LogP contribution in [0.5, 0.6) is 0 Å². The van der Waals surface area contributed by atoms with Crippen molar-refractivity contribution in [3.8, 4) is 0 Å². The topological polar surface area (TPSA) is 69.7 Å². The second kappa shape index (κ2) is 3.34. The minimum atomic E-state index is -0.684. The van der Waals surface area contributed by atoms with E-state index in [0.29, 0.717) is 24.0 Å². The van der Waals surface area contributed by atoms with Gasteiger partial charge in [-0.2, -0.15) is 0 Å². The molecule has 0 N–H and O–H groups in total. The van der Waals surface area contributed by atoms with Crippen molar-refractivity contribution in [3.63, 3.8) is 0 Å². The van der Waals surface area contributed by atoms with Crippen molar-refractivity contribution in [1.29, 1.82) is 0 Å². The molecule has 0 aromatic rings. The summed E-state index contributed by atoms with van der Waals surface area (Å²) in [5.41, 5.74) is 0.933. The van der Waals surface area contributed by atoms with Gasteiger partial charge in [-0.05, 0) is 18.9 Å². The SMILES string of the molecule is COC(=O)C1=CC2=C(CC1)C(=O)OC2=O. The normalized spacial score (nSPS) is 19.7. The van der Waals surface area contributed by atoms with Crippen molar-refractivity contribution in [2.75, 3.05) is 7.11 Å². The lowest BCUT2D eigenvalue weighted by molar-refractivity contribution is -0.151. The van der Waals surface area contributed by atoms with Gasteiger partial charge in [0, 0.05) is 5.57 Å². The summed E-state index contributed by atoms with van der Waals surface area (Å²) in [6.45, 7) is 0. The molecule has 0 aromatic heterocycles. The maximum Gasteiger partial charge on any atom is 0.346 e. The van der Waals surface area contributed by atoms with Crippen LogP contribution in [0.25, 0.3) is 0 Å². The van der Waals surface area contributed by atoms with E-state index < -0.39 is 17.9 Å². The van der Waals surface area contributed by atoms with Gasteiger partial charge in [-0.25, -0.2) is 14.4 Å². The van der Waals surface area contributed by atoms with Crippen LogP contribution in [-0.2, 0) is 23.9 Å². The van der Waals surface area contributed by atoms with E-state index in [9.17, 15) is 14.4 Å². The zero-order valence-electron chi connectivity index (χ0n) is 8.03. The average molecular weight is 208 g/mol. The van der Waals surface area contributed by atoms with Crippen molar-refractivity contribution in [1.82, 2.24) is 0 Å². The highest BCUT2D eigenvalue weighted by Gasteiger charge is 2.34. The predicted molar refractivity (Wildman–Crippen MR) is 47.5 cm³/mol. The lowest BCUT2D eigenvalue weighted by atomic mass is 9.94. The summed E-state index contributed by atoms with van der Waals surface area (Å²) in [4.78, 5) is 33.5. The number of esters is 3. The smallest absolute Gasteiger partial charge is 0.346 e. The van der Waals surface area contributed by atoms with Gasteiger partial charge in [-0.1, -0.05) is 0 Å². The number of cyclic esters (lactones) is 2. The summed E-state index contributed by atoms with van der Waals surface area (Å²) in [6.07, 6.45) is 2.12. The fraction of sp³-hybridized carbons (Fsp3) is 0.300. The summed E-state index contributed by atoms with van der Waals surface area (Å²) in [7, 11) is 1.27. The fourth-order valence-electron chi connectivity index (χ4n) is 1.61. The van der Waals surface area contributed by atoms with Crippen molar-refractivity contribution in [2.24, 2.45) is 0 Å². The quantitative estimate of drug-likeness (QED) is 0.456. The fourth-order valence-corrected chi connectivity index (χ4v) is 1.61. The average Bonchev–Trinajstić information content (AvgIpc) is 2.53. The molecular formula is C10H8O5. The largest absolute Gasteiger partial charge is 0.466 e. The second-order valence-corrected chi connectivity index (χ2v) is 3.23. The van der Waals surface area contributed by atoms with E-state index in [1.54, 1.807) is 0 Å². The third-order valence-corrected chi connectivity index (χ3v) is 2.39. The number of rotatable bonds is 1. The molecule has 0 fully saturated rings.